The molecular formula is C20H25FN2O3. The topological polar surface area (TPSA) is 57.7 Å². The fraction of sp³-hybridized carbons (Fsp3) is 0.550. The fourth-order valence-corrected chi connectivity index (χ4v) is 3.92. The van der Waals surface area contributed by atoms with Crippen LogP contribution in [0.2, 0.25) is 0 Å². The molecule has 0 radical (unpaired) electrons. The molecule has 140 valence electrons. The lowest BCUT2D eigenvalue weighted by molar-refractivity contribution is -0.140. The summed E-state index contributed by atoms with van der Waals surface area (Å²) in [5.41, 5.74) is 0.958. The highest BCUT2D eigenvalue weighted by Crippen LogP contribution is 2.37. The molecule has 1 aliphatic carbocycles. The summed E-state index contributed by atoms with van der Waals surface area (Å²) in [7, 11) is 1.71. The van der Waals surface area contributed by atoms with Crippen molar-refractivity contribution in [3.8, 4) is 0 Å². The monoisotopic (exact) mass is 360 g/mol. The van der Waals surface area contributed by atoms with E-state index in [2.05, 4.69) is 0 Å². The molecule has 1 aromatic carbocycles. The Hall–Kier alpha value is -2.24. The Kier molecular flexibility index (Phi) is 5.69. The first-order valence-corrected chi connectivity index (χ1v) is 9.31. The summed E-state index contributed by atoms with van der Waals surface area (Å²) >= 11 is 0. The van der Waals surface area contributed by atoms with Gasteiger partial charge in [-0.15, -0.1) is 0 Å². The number of hydrogen-bond acceptors (Lipinski definition) is 3. The van der Waals surface area contributed by atoms with Crippen molar-refractivity contribution >= 4 is 17.7 Å². The number of carbonyl (C=O) groups excluding carboxylic acids is 3. The SMILES string of the molecule is CN(CCc1ccc(F)cc1)C(=O)CCN1C(=O)C2CCCCC2C1=O. The summed E-state index contributed by atoms with van der Waals surface area (Å²) in [5.74, 6) is -0.894. The first-order valence-electron chi connectivity index (χ1n) is 9.31. The number of hydrogen-bond donors (Lipinski definition) is 0. The first-order chi connectivity index (χ1) is 12.5. The van der Waals surface area contributed by atoms with Gasteiger partial charge in [0.15, 0.2) is 0 Å². The number of benzene rings is 1. The lowest BCUT2D eigenvalue weighted by atomic mass is 9.81. The molecule has 6 heteroatoms. The second kappa shape index (κ2) is 7.98. The van der Waals surface area contributed by atoms with Crippen LogP contribution in [0.3, 0.4) is 0 Å². The minimum absolute atomic E-state index is 0.0948. The van der Waals surface area contributed by atoms with Crippen LogP contribution >= 0.6 is 0 Å². The van der Waals surface area contributed by atoms with Gasteiger partial charge in [-0.3, -0.25) is 19.3 Å². The highest BCUT2D eigenvalue weighted by atomic mass is 19.1. The molecule has 26 heavy (non-hydrogen) atoms. The Bertz CT molecular complexity index is 665. The number of fused-ring (bicyclic) bond motifs is 1. The third kappa shape index (κ3) is 3.94. The average Bonchev–Trinajstić information content (AvgIpc) is 2.90. The Balaban J connectivity index is 1.47. The summed E-state index contributed by atoms with van der Waals surface area (Å²) in [6.45, 7) is 0.683. The maximum atomic E-state index is 12.9. The van der Waals surface area contributed by atoms with E-state index in [0.29, 0.717) is 13.0 Å². The lowest BCUT2D eigenvalue weighted by Crippen LogP contribution is -2.36. The molecule has 5 nitrogen and oxygen atoms in total. The molecule has 1 saturated carbocycles. The van der Waals surface area contributed by atoms with E-state index in [-0.39, 0.29) is 48.3 Å². The van der Waals surface area contributed by atoms with Crippen LogP contribution in [0.5, 0.6) is 0 Å². The van der Waals surface area contributed by atoms with Crippen LogP contribution in [0.1, 0.15) is 37.7 Å². The van der Waals surface area contributed by atoms with E-state index in [1.807, 2.05) is 0 Å². The maximum Gasteiger partial charge on any atom is 0.233 e. The van der Waals surface area contributed by atoms with E-state index in [1.165, 1.54) is 17.0 Å². The van der Waals surface area contributed by atoms with Gasteiger partial charge in [0.2, 0.25) is 17.7 Å². The van der Waals surface area contributed by atoms with Crippen LogP contribution < -0.4 is 0 Å². The summed E-state index contributed by atoms with van der Waals surface area (Å²) in [6, 6.07) is 6.22. The molecule has 3 rings (SSSR count). The maximum absolute atomic E-state index is 12.9. The van der Waals surface area contributed by atoms with Crippen molar-refractivity contribution < 1.29 is 18.8 Å². The molecule has 0 N–H and O–H groups in total. The molecule has 2 fully saturated rings. The molecular weight excluding hydrogens is 335 g/mol. The third-order valence-electron chi connectivity index (χ3n) is 5.56. The molecule has 1 aliphatic heterocycles. The highest BCUT2D eigenvalue weighted by Gasteiger charge is 2.47. The van der Waals surface area contributed by atoms with Gasteiger partial charge in [0.05, 0.1) is 11.8 Å². The Morgan fingerprint density at radius 2 is 1.69 bits per heavy atom. The van der Waals surface area contributed by atoms with Crippen molar-refractivity contribution in [3.63, 3.8) is 0 Å². The number of rotatable bonds is 6. The van der Waals surface area contributed by atoms with Gasteiger partial charge >= 0.3 is 0 Å². The van der Waals surface area contributed by atoms with Crippen LogP contribution in [0.4, 0.5) is 4.39 Å². The summed E-state index contributed by atoms with van der Waals surface area (Å²) < 4.78 is 12.9. The van der Waals surface area contributed by atoms with E-state index < -0.39 is 0 Å². The number of halogens is 1. The zero-order valence-electron chi connectivity index (χ0n) is 15.1. The van der Waals surface area contributed by atoms with Crippen LogP contribution in [0, 0.1) is 17.7 Å². The van der Waals surface area contributed by atoms with Crippen molar-refractivity contribution in [1.82, 2.24) is 9.80 Å². The predicted molar refractivity (Wildman–Crippen MR) is 94.5 cm³/mol. The number of imide groups is 1. The van der Waals surface area contributed by atoms with E-state index in [0.717, 1.165) is 31.2 Å². The number of carbonyl (C=O) groups is 3. The second-order valence-electron chi connectivity index (χ2n) is 7.27. The molecule has 0 aromatic heterocycles. The molecule has 2 aliphatic rings. The Labute approximate surface area is 153 Å². The van der Waals surface area contributed by atoms with E-state index >= 15 is 0 Å². The third-order valence-corrected chi connectivity index (χ3v) is 5.56. The Morgan fingerprint density at radius 1 is 1.12 bits per heavy atom. The van der Waals surface area contributed by atoms with E-state index in [4.69, 9.17) is 0 Å². The van der Waals surface area contributed by atoms with Crippen molar-refractivity contribution in [2.75, 3.05) is 20.1 Å². The molecule has 3 amide bonds. The normalized spacial score (nSPS) is 22.5. The molecule has 2 atom stereocenters. The van der Waals surface area contributed by atoms with Crippen molar-refractivity contribution in [3.05, 3.63) is 35.6 Å². The standard InChI is InChI=1S/C20H25FN2O3/c1-22(12-10-14-6-8-15(21)9-7-14)18(24)11-13-23-19(25)16-4-2-3-5-17(16)20(23)26/h6-9,16-17H,2-5,10-13H2,1H3. The van der Waals surface area contributed by atoms with Crippen molar-refractivity contribution in [2.45, 2.75) is 38.5 Å². The first kappa shape index (κ1) is 18.5. The number of likely N-dealkylation sites (tertiary alicyclic amines) is 1. The lowest BCUT2D eigenvalue weighted by Gasteiger charge is -2.19. The molecule has 2 unspecified atom stereocenters. The van der Waals surface area contributed by atoms with Crippen molar-refractivity contribution in [2.24, 2.45) is 11.8 Å². The molecule has 1 saturated heterocycles. The highest BCUT2D eigenvalue weighted by molar-refractivity contribution is 6.05. The van der Waals surface area contributed by atoms with Gasteiger partial charge in [0, 0.05) is 26.6 Å². The molecule has 0 spiro atoms. The summed E-state index contributed by atoms with van der Waals surface area (Å²) in [5, 5.41) is 0. The number of amides is 3. The Morgan fingerprint density at radius 3 is 2.27 bits per heavy atom. The van der Waals surface area contributed by atoms with Gasteiger partial charge in [-0.1, -0.05) is 25.0 Å². The summed E-state index contributed by atoms with van der Waals surface area (Å²) in [6.07, 6.45) is 4.36. The molecule has 0 bridgehead atoms. The zero-order chi connectivity index (χ0) is 18.7. The number of nitrogens with zero attached hydrogens (tertiary/aromatic N) is 2. The van der Waals surface area contributed by atoms with Gasteiger partial charge in [-0.25, -0.2) is 4.39 Å². The molecule has 1 aromatic rings. The van der Waals surface area contributed by atoms with Gasteiger partial charge in [-0.05, 0) is 37.0 Å². The van der Waals surface area contributed by atoms with Gasteiger partial charge in [0.25, 0.3) is 0 Å². The predicted octanol–water partition coefficient (Wildman–Crippen LogP) is 2.39. The zero-order valence-corrected chi connectivity index (χ0v) is 15.1. The average molecular weight is 360 g/mol. The second-order valence-corrected chi connectivity index (χ2v) is 7.27. The quantitative estimate of drug-likeness (QED) is 0.732. The van der Waals surface area contributed by atoms with Gasteiger partial charge in [-0.2, -0.15) is 0 Å². The van der Waals surface area contributed by atoms with Crippen molar-refractivity contribution in [1.29, 1.82) is 0 Å². The number of likely N-dealkylation sites (N-methyl/N-ethyl adjacent to an activating group) is 1. The van der Waals surface area contributed by atoms with Gasteiger partial charge < -0.3 is 4.90 Å². The van der Waals surface area contributed by atoms with Crippen LogP contribution in [0.15, 0.2) is 24.3 Å². The van der Waals surface area contributed by atoms with Gasteiger partial charge in [0.1, 0.15) is 5.82 Å². The summed E-state index contributed by atoms with van der Waals surface area (Å²) in [4.78, 5) is 40.1. The van der Waals surface area contributed by atoms with Crippen LogP contribution in [-0.2, 0) is 20.8 Å². The smallest absolute Gasteiger partial charge is 0.233 e. The minimum Gasteiger partial charge on any atom is -0.345 e. The van der Waals surface area contributed by atoms with E-state index in [9.17, 15) is 18.8 Å². The minimum atomic E-state index is -0.279. The van der Waals surface area contributed by atoms with E-state index in [1.54, 1.807) is 24.1 Å². The largest absolute Gasteiger partial charge is 0.345 e. The fourth-order valence-electron chi connectivity index (χ4n) is 3.92. The van der Waals surface area contributed by atoms with Crippen LogP contribution in [0.25, 0.3) is 0 Å². The van der Waals surface area contributed by atoms with Crippen LogP contribution in [-0.4, -0.2) is 47.7 Å². The molecule has 1 heterocycles.